The molecule has 0 aliphatic carbocycles. The number of methoxy groups -OCH3 is 1. The summed E-state index contributed by atoms with van der Waals surface area (Å²) in [6.45, 7) is 6.66. The summed E-state index contributed by atoms with van der Waals surface area (Å²) in [6.07, 6.45) is 1.56. The molecule has 1 aromatic heterocycles. The van der Waals surface area contributed by atoms with Crippen LogP contribution in [-0.4, -0.2) is 74.7 Å². The molecule has 0 bridgehead atoms. The van der Waals surface area contributed by atoms with Gasteiger partial charge in [0.25, 0.3) is 5.91 Å². The van der Waals surface area contributed by atoms with Crippen molar-refractivity contribution < 1.29 is 28.5 Å². The van der Waals surface area contributed by atoms with Crippen LogP contribution in [0.2, 0.25) is 0 Å². The molecule has 1 amide bonds. The summed E-state index contributed by atoms with van der Waals surface area (Å²) in [5.41, 5.74) is 2.15. The third-order valence-electron chi connectivity index (χ3n) is 5.24. The van der Waals surface area contributed by atoms with Gasteiger partial charge in [-0.25, -0.2) is 4.79 Å². The van der Waals surface area contributed by atoms with E-state index in [0.717, 1.165) is 12.8 Å². The van der Waals surface area contributed by atoms with Gasteiger partial charge in [-0.15, -0.1) is 0 Å². The summed E-state index contributed by atoms with van der Waals surface area (Å²) in [5.74, 6) is -0.195. The Morgan fingerprint density at radius 3 is 2.44 bits per heavy atom. The molecule has 0 spiro atoms. The number of piperidine rings is 1. The maximum Gasteiger partial charge on any atom is 0.340 e. The van der Waals surface area contributed by atoms with Crippen LogP contribution in [0.3, 0.4) is 0 Å². The number of H-pyrrole nitrogens is 1. The highest BCUT2D eigenvalue weighted by Crippen LogP contribution is 2.27. The maximum absolute atomic E-state index is 13.0. The minimum absolute atomic E-state index is 0.0850. The second-order valence-electron chi connectivity index (χ2n) is 6.99. The second kappa shape index (κ2) is 8.86. The Bertz CT molecular complexity index is 672. The van der Waals surface area contributed by atoms with Crippen LogP contribution >= 0.6 is 0 Å². The lowest BCUT2D eigenvalue weighted by atomic mass is 9.96. The number of esters is 1. The number of amides is 1. The number of aromatic amines is 1. The molecule has 8 heteroatoms. The highest BCUT2D eigenvalue weighted by atomic mass is 16.7. The first-order valence-corrected chi connectivity index (χ1v) is 9.40. The summed E-state index contributed by atoms with van der Waals surface area (Å²) >= 11 is 0. The Morgan fingerprint density at radius 1 is 1.15 bits per heavy atom. The zero-order chi connectivity index (χ0) is 19.4. The molecule has 150 valence electrons. The van der Waals surface area contributed by atoms with Gasteiger partial charge in [-0.05, 0) is 32.3 Å². The predicted octanol–water partition coefficient (Wildman–Crippen LogP) is 1.66. The van der Waals surface area contributed by atoms with Crippen LogP contribution in [0.4, 0.5) is 0 Å². The third kappa shape index (κ3) is 4.34. The molecule has 0 radical (unpaired) electrons. The normalized spacial score (nSPS) is 18.9. The number of carbonyl (C=O) groups excluding carboxylic acids is 2. The topological polar surface area (TPSA) is 90.1 Å². The summed E-state index contributed by atoms with van der Waals surface area (Å²) in [7, 11) is 1.55. The Hall–Kier alpha value is -1.90. The van der Waals surface area contributed by atoms with E-state index in [4.69, 9.17) is 18.9 Å². The first kappa shape index (κ1) is 19.9. The van der Waals surface area contributed by atoms with E-state index in [1.165, 1.54) is 0 Å². The van der Waals surface area contributed by atoms with Gasteiger partial charge in [0.15, 0.2) is 6.29 Å². The van der Waals surface area contributed by atoms with Gasteiger partial charge in [-0.3, -0.25) is 4.79 Å². The summed E-state index contributed by atoms with van der Waals surface area (Å²) in [5, 5.41) is 0. The van der Waals surface area contributed by atoms with Crippen molar-refractivity contribution in [2.45, 2.75) is 33.0 Å². The van der Waals surface area contributed by atoms with Crippen molar-refractivity contribution in [1.82, 2.24) is 9.88 Å². The van der Waals surface area contributed by atoms with E-state index < -0.39 is 5.97 Å². The van der Waals surface area contributed by atoms with Crippen LogP contribution in [0.1, 0.15) is 44.9 Å². The molecule has 0 atom stereocenters. The molecule has 0 unspecified atom stereocenters. The van der Waals surface area contributed by atoms with Crippen molar-refractivity contribution in [2.24, 2.45) is 5.92 Å². The van der Waals surface area contributed by atoms with Crippen molar-refractivity contribution in [1.29, 1.82) is 0 Å². The van der Waals surface area contributed by atoms with Crippen molar-refractivity contribution in [3.05, 3.63) is 22.5 Å². The van der Waals surface area contributed by atoms with Crippen LogP contribution < -0.4 is 0 Å². The van der Waals surface area contributed by atoms with E-state index in [-0.39, 0.29) is 18.8 Å². The van der Waals surface area contributed by atoms with Crippen molar-refractivity contribution in [2.75, 3.05) is 46.6 Å². The standard InChI is InChI=1S/C19H28N2O6/c1-12-15(18(23)25-9-8-24-3)13(2)20-16(12)17(22)21-6-4-14(5-7-21)19-26-10-11-27-19/h14,19-20H,4-11H2,1-3H3. The fourth-order valence-electron chi connectivity index (χ4n) is 3.74. The average molecular weight is 380 g/mol. The molecular weight excluding hydrogens is 352 g/mol. The minimum atomic E-state index is -0.438. The van der Waals surface area contributed by atoms with Gasteiger partial charge in [-0.2, -0.15) is 0 Å². The zero-order valence-electron chi connectivity index (χ0n) is 16.2. The Labute approximate surface area is 159 Å². The van der Waals surface area contributed by atoms with Crippen LogP contribution in [0.25, 0.3) is 0 Å². The first-order chi connectivity index (χ1) is 13.0. The molecule has 27 heavy (non-hydrogen) atoms. The van der Waals surface area contributed by atoms with Gasteiger partial charge in [0.05, 0.1) is 25.4 Å². The number of aryl methyl sites for hydroxylation is 1. The molecule has 3 rings (SSSR count). The van der Waals surface area contributed by atoms with Crippen LogP contribution in [0.5, 0.6) is 0 Å². The third-order valence-corrected chi connectivity index (χ3v) is 5.24. The lowest BCUT2D eigenvalue weighted by molar-refractivity contribution is -0.0956. The van der Waals surface area contributed by atoms with Crippen LogP contribution in [0.15, 0.2) is 0 Å². The minimum Gasteiger partial charge on any atom is -0.460 e. The summed E-state index contributed by atoms with van der Waals surface area (Å²) in [6, 6.07) is 0. The summed E-state index contributed by atoms with van der Waals surface area (Å²) < 4.78 is 21.3. The van der Waals surface area contributed by atoms with Gasteiger partial charge < -0.3 is 28.8 Å². The number of aromatic nitrogens is 1. The molecule has 0 saturated carbocycles. The Kier molecular flexibility index (Phi) is 6.51. The zero-order valence-corrected chi connectivity index (χ0v) is 16.2. The molecule has 2 aliphatic rings. The molecule has 1 aromatic rings. The Morgan fingerprint density at radius 2 is 1.81 bits per heavy atom. The van der Waals surface area contributed by atoms with E-state index in [1.54, 1.807) is 21.0 Å². The van der Waals surface area contributed by atoms with Gasteiger partial charge in [0.1, 0.15) is 12.3 Å². The molecule has 3 heterocycles. The largest absolute Gasteiger partial charge is 0.460 e. The number of nitrogens with one attached hydrogen (secondary N) is 1. The lowest BCUT2D eigenvalue weighted by Gasteiger charge is -2.33. The highest BCUT2D eigenvalue weighted by molar-refractivity contribution is 6.00. The molecule has 2 fully saturated rings. The molecule has 1 N–H and O–H groups in total. The predicted molar refractivity (Wildman–Crippen MR) is 96.7 cm³/mol. The van der Waals surface area contributed by atoms with E-state index >= 15 is 0 Å². The monoisotopic (exact) mass is 380 g/mol. The molecular formula is C19H28N2O6. The van der Waals surface area contributed by atoms with Crippen molar-refractivity contribution in [3.8, 4) is 0 Å². The second-order valence-corrected chi connectivity index (χ2v) is 6.99. The molecule has 2 saturated heterocycles. The first-order valence-electron chi connectivity index (χ1n) is 9.40. The van der Waals surface area contributed by atoms with Crippen LogP contribution in [0, 0.1) is 19.8 Å². The van der Waals surface area contributed by atoms with Crippen molar-refractivity contribution in [3.63, 3.8) is 0 Å². The Balaban J connectivity index is 1.63. The summed E-state index contributed by atoms with van der Waals surface area (Å²) in [4.78, 5) is 30.2. The van der Waals surface area contributed by atoms with Gasteiger partial charge in [0, 0.05) is 31.8 Å². The van der Waals surface area contributed by atoms with Gasteiger partial charge >= 0.3 is 5.97 Å². The van der Waals surface area contributed by atoms with E-state index in [1.807, 2.05) is 4.90 Å². The molecule has 0 aromatic carbocycles. The number of rotatable bonds is 6. The number of hydrogen-bond donors (Lipinski definition) is 1. The fraction of sp³-hybridized carbons (Fsp3) is 0.684. The van der Waals surface area contributed by atoms with E-state index in [9.17, 15) is 9.59 Å². The quantitative estimate of drug-likeness (QED) is 0.596. The van der Waals surface area contributed by atoms with Gasteiger partial charge in [0.2, 0.25) is 0 Å². The van der Waals surface area contributed by atoms with Gasteiger partial charge in [-0.1, -0.05) is 0 Å². The maximum atomic E-state index is 13.0. The van der Waals surface area contributed by atoms with E-state index in [0.29, 0.717) is 61.3 Å². The lowest BCUT2D eigenvalue weighted by Crippen LogP contribution is -2.41. The number of nitrogens with zero attached hydrogens (tertiary/aromatic N) is 1. The van der Waals surface area contributed by atoms with E-state index in [2.05, 4.69) is 4.98 Å². The SMILES string of the molecule is COCCOC(=O)c1c(C)[nH]c(C(=O)N2CCC(C3OCCO3)CC2)c1C. The highest BCUT2D eigenvalue weighted by Gasteiger charge is 2.33. The number of likely N-dealkylation sites (tertiary alicyclic amines) is 1. The smallest absolute Gasteiger partial charge is 0.340 e. The van der Waals surface area contributed by atoms with Crippen LogP contribution in [-0.2, 0) is 18.9 Å². The molecule has 8 nitrogen and oxygen atoms in total. The fourth-order valence-corrected chi connectivity index (χ4v) is 3.74. The number of hydrogen-bond acceptors (Lipinski definition) is 6. The number of carbonyl (C=O) groups is 2. The number of ether oxygens (including phenoxy) is 4. The van der Waals surface area contributed by atoms with Crippen molar-refractivity contribution >= 4 is 11.9 Å². The average Bonchev–Trinajstić information content (AvgIpc) is 3.30. The molecule has 2 aliphatic heterocycles.